The smallest absolute Gasteiger partial charge is 0.239 e. The fourth-order valence-corrected chi connectivity index (χ4v) is 4.99. The van der Waals surface area contributed by atoms with Crippen LogP contribution >= 0.6 is 11.3 Å². The Morgan fingerprint density at radius 3 is 2.87 bits per heavy atom. The van der Waals surface area contributed by atoms with Gasteiger partial charge in [-0.3, -0.25) is 4.79 Å². The number of thiophene rings is 1. The van der Waals surface area contributed by atoms with E-state index in [2.05, 4.69) is 10.2 Å². The standard InChI is InChI=1S/C17H20N4OS/c22-13-9-21(8-7-18-13)16-14-11-3-1-2-4-12(11)23-17(14)20-15(19-16)10-5-6-10/h10H,1-9H2,(H,18,22). The number of aromatic nitrogens is 2. The number of piperazine rings is 1. The summed E-state index contributed by atoms with van der Waals surface area (Å²) in [6.45, 7) is 1.96. The molecule has 2 aliphatic carbocycles. The minimum Gasteiger partial charge on any atom is -0.353 e. The zero-order valence-corrected chi connectivity index (χ0v) is 13.9. The van der Waals surface area contributed by atoms with Crippen LogP contribution in [-0.2, 0) is 17.6 Å². The molecule has 3 aliphatic rings. The molecule has 0 radical (unpaired) electrons. The average molecular weight is 328 g/mol. The fraction of sp³-hybridized carbons (Fsp3) is 0.588. The van der Waals surface area contributed by atoms with Crippen molar-refractivity contribution in [2.45, 2.75) is 44.4 Å². The third kappa shape index (κ3) is 2.31. The first kappa shape index (κ1) is 13.7. The van der Waals surface area contributed by atoms with Gasteiger partial charge in [-0.25, -0.2) is 9.97 Å². The first-order chi connectivity index (χ1) is 11.3. The summed E-state index contributed by atoms with van der Waals surface area (Å²) in [6.07, 6.45) is 7.25. The summed E-state index contributed by atoms with van der Waals surface area (Å²) in [7, 11) is 0. The zero-order chi connectivity index (χ0) is 15.4. The maximum atomic E-state index is 11.8. The van der Waals surface area contributed by atoms with Crippen molar-refractivity contribution in [3.05, 3.63) is 16.3 Å². The molecule has 1 saturated heterocycles. The van der Waals surface area contributed by atoms with Crippen LogP contribution in [0.5, 0.6) is 0 Å². The lowest BCUT2D eigenvalue weighted by Gasteiger charge is -2.28. The van der Waals surface area contributed by atoms with E-state index in [1.165, 1.54) is 47.9 Å². The molecule has 1 amide bonds. The topological polar surface area (TPSA) is 58.1 Å². The maximum Gasteiger partial charge on any atom is 0.239 e. The lowest BCUT2D eigenvalue weighted by Crippen LogP contribution is -2.48. The molecule has 3 heterocycles. The Hall–Kier alpha value is -1.69. The number of nitrogens with one attached hydrogen (secondary N) is 1. The number of fused-ring (bicyclic) bond motifs is 3. The highest BCUT2D eigenvalue weighted by molar-refractivity contribution is 7.19. The van der Waals surface area contributed by atoms with Crippen molar-refractivity contribution in [1.29, 1.82) is 0 Å². The number of rotatable bonds is 2. The Morgan fingerprint density at radius 1 is 1.17 bits per heavy atom. The van der Waals surface area contributed by atoms with Crippen LogP contribution < -0.4 is 10.2 Å². The van der Waals surface area contributed by atoms with Crippen molar-refractivity contribution in [2.75, 3.05) is 24.5 Å². The van der Waals surface area contributed by atoms with Crippen LogP contribution in [0, 0.1) is 0 Å². The van der Waals surface area contributed by atoms with Crippen LogP contribution in [-0.4, -0.2) is 35.5 Å². The quantitative estimate of drug-likeness (QED) is 0.919. The number of nitrogens with zero attached hydrogens (tertiary/aromatic N) is 3. The van der Waals surface area contributed by atoms with E-state index in [1.54, 1.807) is 0 Å². The molecule has 120 valence electrons. The predicted molar refractivity (Wildman–Crippen MR) is 91.3 cm³/mol. The largest absolute Gasteiger partial charge is 0.353 e. The molecule has 1 N–H and O–H groups in total. The van der Waals surface area contributed by atoms with Gasteiger partial charge in [-0.15, -0.1) is 11.3 Å². The molecular weight excluding hydrogens is 308 g/mol. The predicted octanol–water partition coefficient (Wildman–Crippen LogP) is 2.38. The summed E-state index contributed by atoms with van der Waals surface area (Å²) in [6, 6.07) is 0. The van der Waals surface area contributed by atoms with Crippen LogP contribution in [0.4, 0.5) is 5.82 Å². The maximum absolute atomic E-state index is 11.8. The number of aryl methyl sites for hydroxylation is 2. The summed E-state index contributed by atoms with van der Waals surface area (Å²) in [5.74, 6) is 2.65. The molecule has 6 heteroatoms. The molecule has 2 fully saturated rings. The summed E-state index contributed by atoms with van der Waals surface area (Å²) in [4.78, 5) is 26.5. The molecule has 2 aromatic heterocycles. The van der Waals surface area contributed by atoms with E-state index in [9.17, 15) is 4.79 Å². The van der Waals surface area contributed by atoms with E-state index in [-0.39, 0.29) is 5.91 Å². The van der Waals surface area contributed by atoms with Crippen LogP contribution in [0.15, 0.2) is 0 Å². The monoisotopic (exact) mass is 328 g/mol. The molecule has 1 saturated carbocycles. The highest BCUT2D eigenvalue weighted by Gasteiger charge is 2.31. The first-order valence-corrected chi connectivity index (χ1v) is 9.45. The van der Waals surface area contributed by atoms with Crippen molar-refractivity contribution < 1.29 is 4.79 Å². The Bertz CT molecular complexity index is 795. The van der Waals surface area contributed by atoms with Crippen LogP contribution in [0.1, 0.15) is 47.9 Å². The van der Waals surface area contributed by atoms with Gasteiger partial charge in [0.1, 0.15) is 16.5 Å². The van der Waals surface area contributed by atoms with Gasteiger partial charge in [0.25, 0.3) is 0 Å². The van der Waals surface area contributed by atoms with Gasteiger partial charge in [-0.2, -0.15) is 0 Å². The van der Waals surface area contributed by atoms with Crippen molar-refractivity contribution in [3.63, 3.8) is 0 Å². The normalized spacial score (nSPS) is 21.4. The van der Waals surface area contributed by atoms with Gasteiger partial charge in [0.2, 0.25) is 5.91 Å². The number of carbonyl (C=O) groups excluding carboxylic acids is 1. The highest BCUT2D eigenvalue weighted by atomic mass is 32.1. The lowest BCUT2D eigenvalue weighted by atomic mass is 9.97. The van der Waals surface area contributed by atoms with Crippen molar-refractivity contribution >= 4 is 33.3 Å². The number of hydrogen-bond donors (Lipinski definition) is 1. The second kappa shape index (κ2) is 5.16. The zero-order valence-electron chi connectivity index (χ0n) is 13.1. The van der Waals surface area contributed by atoms with Crippen molar-refractivity contribution in [3.8, 4) is 0 Å². The van der Waals surface area contributed by atoms with Crippen molar-refractivity contribution in [1.82, 2.24) is 15.3 Å². The van der Waals surface area contributed by atoms with Gasteiger partial charge in [-0.1, -0.05) is 0 Å². The van der Waals surface area contributed by atoms with Crippen molar-refractivity contribution in [2.24, 2.45) is 0 Å². The number of hydrogen-bond acceptors (Lipinski definition) is 5. The van der Waals surface area contributed by atoms with Crippen LogP contribution in [0.2, 0.25) is 0 Å². The molecule has 0 spiro atoms. The van der Waals surface area contributed by atoms with E-state index >= 15 is 0 Å². The first-order valence-electron chi connectivity index (χ1n) is 8.63. The molecule has 0 atom stereocenters. The molecule has 23 heavy (non-hydrogen) atoms. The molecule has 0 aromatic carbocycles. The third-order valence-electron chi connectivity index (χ3n) is 5.09. The second-order valence-electron chi connectivity index (χ2n) is 6.84. The number of anilines is 1. The Morgan fingerprint density at radius 2 is 2.04 bits per heavy atom. The minimum absolute atomic E-state index is 0.0973. The molecule has 0 unspecified atom stereocenters. The Labute approximate surface area is 139 Å². The van der Waals surface area contributed by atoms with Gasteiger partial charge in [-0.05, 0) is 44.1 Å². The van der Waals surface area contributed by atoms with Gasteiger partial charge in [0, 0.05) is 23.9 Å². The van der Waals surface area contributed by atoms with Gasteiger partial charge in [0.05, 0.1) is 11.9 Å². The van der Waals surface area contributed by atoms with E-state index in [4.69, 9.17) is 9.97 Å². The highest BCUT2D eigenvalue weighted by Crippen LogP contribution is 2.44. The summed E-state index contributed by atoms with van der Waals surface area (Å²) in [5.41, 5.74) is 1.46. The fourth-order valence-electron chi connectivity index (χ4n) is 3.73. The van der Waals surface area contributed by atoms with E-state index in [0.29, 0.717) is 19.0 Å². The molecule has 2 aromatic rings. The Balaban J connectivity index is 1.70. The molecule has 1 aliphatic heterocycles. The third-order valence-corrected chi connectivity index (χ3v) is 6.28. The average Bonchev–Trinajstić information content (AvgIpc) is 3.34. The summed E-state index contributed by atoms with van der Waals surface area (Å²) >= 11 is 1.86. The van der Waals surface area contributed by atoms with E-state index < -0.39 is 0 Å². The van der Waals surface area contributed by atoms with E-state index in [1.807, 2.05) is 11.3 Å². The van der Waals surface area contributed by atoms with Gasteiger partial charge < -0.3 is 10.2 Å². The second-order valence-corrected chi connectivity index (χ2v) is 7.93. The number of amides is 1. The molecule has 0 bridgehead atoms. The SMILES string of the molecule is O=C1CN(c2nc(C3CC3)nc3sc4c(c23)CCCC4)CCN1. The van der Waals surface area contributed by atoms with Crippen LogP contribution in [0.3, 0.4) is 0 Å². The lowest BCUT2D eigenvalue weighted by molar-refractivity contribution is -0.120. The van der Waals surface area contributed by atoms with E-state index in [0.717, 1.165) is 29.4 Å². The molecule has 5 rings (SSSR count). The molecule has 5 nitrogen and oxygen atoms in total. The Kier molecular flexibility index (Phi) is 3.08. The molecular formula is C17H20N4OS. The number of carbonyl (C=O) groups is 1. The summed E-state index contributed by atoms with van der Waals surface area (Å²) in [5, 5.41) is 4.15. The van der Waals surface area contributed by atoms with Gasteiger partial charge >= 0.3 is 0 Å². The minimum atomic E-state index is 0.0973. The van der Waals surface area contributed by atoms with Crippen LogP contribution in [0.25, 0.3) is 10.2 Å². The van der Waals surface area contributed by atoms with Gasteiger partial charge in [0.15, 0.2) is 0 Å². The summed E-state index contributed by atoms with van der Waals surface area (Å²) < 4.78 is 0.